The van der Waals surface area contributed by atoms with Gasteiger partial charge in [0.1, 0.15) is 13.2 Å². The van der Waals surface area contributed by atoms with Gasteiger partial charge in [0.15, 0.2) is 11.5 Å². The van der Waals surface area contributed by atoms with Crippen molar-refractivity contribution in [2.75, 3.05) is 19.0 Å². The normalized spacial score (nSPS) is 14.3. The van der Waals surface area contributed by atoms with E-state index in [2.05, 4.69) is 42.2 Å². The molecule has 1 aromatic heterocycles. The second kappa shape index (κ2) is 11.7. The summed E-state index contributed by atoms with van der Waals surface area (Å²) in [4.78, 5) is 43.1. The zero-order valence-electron chi connectivity index (χ0n) is 18.9. The third-order valence-electron chi connectivity index (χ3n) is 4.94. The molecule has 1 N–H and O–H groups in total. The Balaban J connectivity index is 1.46. The van der Waals surface area contributed by atoms with E-state index in [-0.39, 0.29) is 18.1 Å². The van der Waals surface area contributed by atoms with Gasteiger partial charge in [0.05, 0.1) is 22.2 Å². The Morgan fingerprint density at radius 3 is 2.61 bits per heavy atom. The molecule has 0 unspecified atom stereocenters. The zero-order valence-corrected chi connectivity index (χ0v) is 22.9. The van der Waals surface area contributed by atoms with E-state index in [0.717, 1.165) is 26.8 Å². The average molecular weight is 633 g/mol. The summed E-state index contributed by atoms with van der Waals surface area (Å²) in [7, 11) is 1.51. The van der Waals surface area contributed by atoms with Crippen LogP contribution in [-0.2, 0) is 16.2 Å². The minimum absolute atomic E-state index is 0.201. The van der Waals surface area contributed by atoms with E-state index in [1.54, 1.807) is 48.7 Å². The number of hydrogen-bond donors (Lipinski definition) is 1. The van der Waals surface area contributed by atoms with Gasteiger partial charge in [-0.3, -0.25) is 24.3 Å². The molecular weight excluding hydrogens is 614 g/mol. The molecule has 36 heavy (non-hydrogen) atoms. The number of methoxy groups -OCH3 is 1. The van der Waals surface area contributed by atoms with Crippen molar-refractivity contribution in [3.05, 3.63) is 85.9 Å². The predicted octanol–water partition coefficient (Wildman–Crippen LogP) is 5.87. The summed E-state index contributed by atoms with van der Waals surface area (Å²) in [5, 5.41) is 2.16. The minimum atomic E-state index is -0.540. The molecule has 3 amide bonds. The van der Waals surface area contributed by atoms with Gasteiger partial charge in [0, 0.05) is 16.4 Å². The number of thioether (sulfide) groups is 1. The van der Waals surface area contributed by atoms with Crippen LogP contribution in [0.25, 0.3) is 6.08 Å². The third kappa shape index (κ3) is 6.34. The second-order valence-corrected chi connectivity index (χ2v) is 10.2. The van der Waals surface area contributed by atoms with Gasteiger partial charge in [-0.25, -0.2) is 0 Å². The highest BCUT2D eigenvalue weighted by Gasteiger charge is 2.36. The van der Waals surface area contributed by atoms with Gasteiger partial charge < -0.3 is 14.8 Å². The van der Waals surface area contributed by atoms with Crippen LogP contribution < -0.4 is 14.8 Å². The number of nitrogens with one attached hydrogen (secondary N) is 1. The van der Waals surface area contributed by atoms with Crippen LogP contribution in [0.2, 0.25) is 0 Å². The monoisotopic (exact) mass is 631 g/mol. The van der Waals surface area contributed by atoms with Gasteiger partial charge in [-0.15, -0.1) is 0 Å². The summed E-state index contributed by atoms with van der Waals surface area (Å²) in [5.41, 5.74) is 1.94. The van der Waals surface area contributed by atoms with Crippen molar-refractivity contribution in [2.24, 2.45) is 0 Å². The van der Waals surface area contributed by atoms with Crippen molar-refractivity contribution in [1.82, 2.24) is 9.88 Å². The average Bonchev–Trinajstić information content (AvgIpc) is 3.12. The van der Waals surface area contributed by atoms with Crippen LogP contribution in [0.3, 0.4) is 0 Å². The highest BCUT2D eigenvalue weighted by molar-refractivity contribution is 9.10. The molecule has 8 nitrogen and oxygen atoms in total. The Bertz CT molecular complexity index is 1330. The van der Waals surface area contributed by atoms with Gasteiger partial charge in [-0.05, 0) is 87.9 Å². The number of benzene rings is 2. The molecule has 0 saturated carbocycles. The van der Waals surface area contributed by atoms with Crippen molar-refractivity contribution in [1.29, 1.82) is 0 Å². The number of hydrogen-bond acceptors (Lipinski definition) is 7. The van der Waals surface area contributed by atoms with Gasteiger partial charge in [-0.2, -0.15) is 0 Å². The van der Waals surface area contributed by atoms with Crippen LogP contribution in [-0.4, -0.2) is 40.6 Å². The van der Waals surface area contributed by atoms with Crippen LogP contribution in [0.15, 0.2) is 74.6 Å². The smallest absolute Gasteiger partial charge is 0.294 e. The molecule has 1 saturated heterocycles. The van der Waals surface area contributed by atoms with Crippen LogP contribution in [0, 0.1) is 0 Å². The maximum atomic E-state index is 12.9. The molecule has 3 aromatic rings. The lowest BCUT2D eigenvalue weighted by Crippen LogP contribution is -2.36. The first-order valence-corrected chi connectivity index (χ1v) is 13.0. The first kappa shape index (κ1) is 25.9. The van der Waals surface area contributed by atoms with E-state index in [1.165, 1.54) is 7.11 Å². The number of anilines is 1. The quantitative estimate of drug-likeness (QED) is 0.310. The number of halogens is 2. The fourth-order valence-corrected chi connectivity index (χ4v) is 4.93. The molecule has 1 aliphatic heterocycles. The summed E-state index contributed by atoms with van der Waals surface area (Å²) in [6, 6.07) is 16.0. The largest absolute Gasteiger partial charge is 0.493 e. The first-order valence-electron chi connectivity index (χ1n) is 10.5. The van der Waals surface area contributed by atoms with E-state index in [4.69, 9.17) is 9.47 Å². The highest BCUT2D eigenvalue weighted by Crippen LogP contribution is 2.39. The Morgan fingerprint density at radius 2 is 1.92 bits per heavy atom. The van der Waals surface area contributed by atoms with Gasteiger partial charge >= 0.3 is 0 Å². The maximum absolute atomic E-state index is 12.9. The van der Waals surface area contributed by atoms with E-state index in [0.29, 0.717) is 27.2 Å². The summed E-state index contributed by atoms with van der Waals surface area (Å²) >= 11 is 7.59. The number of aromatic nitrogens is 1. The lowest BCUT2D eigenvalue weighted by Gasteiger charge is -2.14. The van der Waals surface area contributed by atoms with Crippen LogP contribution in [0.1, 0.15) is 11.3 Å². The van der Waals surface area contributed by atoms with E-state index in [9.17, 15) is 14.4 Å². The number of pyridine rings is 1. The van der Waals surface area contributed by atoms with Crippen molar-refractivity contribution >= 4 is 72.4 Å². The van der Waals surface area contributed by atoms with Crippen LogP contribution >= 0.6 is 43.6 Å². The molecule has 0 spiro atoms. The zero-order chi connectivity index (χ0) is 25.7. The molecule has 2 aromatic carbocycles. The molecule has 4 rings (SSSR count). The molecule has 0 aliphatic carbocycles. The van der Waals surface area contributed by atoms with Gasteiger partial charge in [-0.1, -0.05) is 22.0 Å². The minimum Gasteiger partial charge on any atom is -0.493 e. The highest BCUT2D eigenvalue weighted by atomic mass is 79.9. The van der Waals surface area contributed by atoms with Crippen molar-refractivity contribution in [3.63, 3.8) is 0 Å². The topological polar surface area (TPSA) is 97.8 Å². The molecule has 184 valence electrons. The summed E-state index contributed by atoms with van der Waals surface area (Å²) in [5.74, 6) is -0.0844. The van der Waals surface area contributed by atoms with Crippen molar-refractivity contribution < 1.29 is 23.9 Å². The summed E-state index contributed by atoms with van der Waals surface area (Å²) in [6.07, 6.45) is 3.26. The Hall–Kier alpha value is -3.15. The summed E-state index contributed by atoms with van der Waals surface area (Å²) in [6.45, 7) is -0.137. The molecule has 1 aliphatic rings. The number of nitrogens with zero attached hydrogens (tertiary/aromatic N) is 2. The fraction of sp³-hybridized carbons (Fsp3) is 0.120. The standard InChI is InChI=1S/C25H19Br2N3O5S/c1-34-20-11-15(10-19(27)23(20)35-14-18-4-2-3-9-28-18)12-21-24(32)30(25(33)36-21)13-22(31)29-17-7-5-16(26)6-8-17/h2-12H,13-14H2,1H3,(H,29,31)/b21-12+. The Morgan fingerprint density at radius 1 is 1.14 bits per heavy atom. The van der Waals surface area contributed by atoms with Crippen LogP contribution in [0.4, 0.5) is 10.5 Å². The van der Waals surface area contributed by atoms with E-state index < -0.39 is 17.1 Å². The van der Waals surface area contributed by atoms with E-state index >= 15 is 0 Å². The molecule has 0 bridgehead atoms. The molecule has 0 atom stereocenters. The van der Waals surface area contributed by atoms with E-state index in [1.807, 2.05) is 18.2 Å². The lowest BCUT2D eigenvalue weighted by atomic mass is 10.2. The third-order valence-corrected chi connectivity index (χ3v) is 6.97. The molecule has 1 fully saturated rings. The molecule has 2 heterocycles. The Kier molecular flexibility index (Phi) is 8.44. The fourth-order valence-electron chi connectivity index (χ4n) is 3.26. The lowest BCUT2D eigenvalue weighted by molar-refractivity contribution is -0.127. The predicted molar refractivity (Wildman–Crippen MR) is 145 cm³/mol. The second-order valence-electron chi connectivity index (χ2n) is 7.47. The number of amides is 3. The van der Waals surface area contributed by atoms with Crippen molar-refractivity contribution in [2.45, 2.75) is 6.61 Å². The maximum Gasteiger partial charge on any atom is 0.294 e. The number of carbonyl (C=O) groups is 3. The SMILES string of the molecule is COc1cc(/C=C2/SC(=O)N(CC(=O)Nc3ccc(Br)cc3)C2=O)cc(Br)c1OCc1ccccn1. The molecule has 11 heteroatoms. The van der Waals surface area contributed by atoms with Gasteiger partial charge in [0.25, 0.3) is 11.1 Å². The number of carbonyl (C=O) groups excluding carboxylic acids is 3. The number of ether oxygens (including phenoxy) is 2. The summed E-state index contributed by atoms with van der Waals surface area (Å²) < 4.78 is 12.8. The first-order chi connectivity index (χ1) is 17.3. The number of imide groups is 1. The Labute approximate surface area is 228 Å². The van der Waals surface area contributed by atoms with Crippen LogP contribution in [0.5, 0.6) is 11.5 Å². The molecular formula is C25H19Br2N3O5S. The van der Waals surface area contributed by atoms with Gasteiger partial charge in [0.2, 0.25) is 5.91 Å². The van der Waals surface area contributed by atoms with Crippen molar-refractivity contribution in [3.8, 4) is 11.5 Å². The molecule has 0 radical (unpaired) electrons. The number of rotatable bonds is 8.